The Morgan fingerprint density at radius 1 is 1.29 bits per heavy atom. The van der Waals surface area contributed by atoms with E-state index < -0.39 is 0 Å². The van der Waals surface area contributed by atoms with Crippen molar-refractivity contribution >= 4 is 39.0 Å². The van der Waals surface area contributed by atoms with Gasteiger partial charge >= 0.3 is 0 Å². The van der Waals surface area contributed by atoms with Gasteiger partial charge in [0.2, 0.25) is 0 Å². The highest BCUT2D eigenvalue weighted by atomic mass is 32.2. The summed E-state index contributed by atoms with van der Waals surface area (Å²) in [5, 5.41) is 11.1. The summed E-state index contributed by atoms with van der Waals surface area (Å²) < 4.78 is 11.7. The van der Waals surface area contributed by atoms with Gasteiger partial charge in [-0.2, -0.15) is 5.26 Å². The summed E-state index contributed by atoms with van der Waals surface area (Å²) in [6.07, 6.45) is 1.76. The van der Waals surface area contributed by atoms with E-state index in [1.807, 2.05) is 24.3 Å². The molecule has 0 unspecified atom stereocenters. The number of methoxy groups -OCH3 is 1. The molecule has 5 nitrogen and oxygen atoms in total. The van der Waals surface area contributed by atoms with Crippen molar-refractivity contribution in [2.75, 3.05) is 26.1 Å². The third-order valence-corrected chi connectivity index (χ3v) is 5.40. The summed E-state index contributed by atoms with van der Waals surface area (Å²) in [4.78, 5) is 5.43. The Bertz CT molecular complexity index is 902. The number of rotatable bonds is 6. The molecule has 2 heterocycles. The lowest BCUT2D eigenvalue weighted by molar-refractivity contribution is 0.146. The van der Waals surface area contributed by atoms with Crippen LogP contribution in [-0.2, 0) is 4.74 Å². The van der Waals surface area contributed by atoms with E-state index in [0.29, 0.717) is 24.5 Å². The molecule has 122 valence electrons. The number of nitrogens with two attached hydrogens (primary N) is 1. The van der Waals surface area contributed by atoms with Crippen LogP contribution in [0, 0.1) is 11.3 Å². The number of nitrogens with zero attached hydrogens (tertiary/aromatic N) is 2. The van der Waals surface area contributed by atoms with Crippen molar-refractivity contribution in [2.45, 2.75) is 9.10 Å². The molecule has 24 heavy (non-hydrogen) atoms. The zero-order valence-electron chi connectivity index (χ0n) is 13.0. The summed E-state index contributed by atoms with van der Waals surface area (Å²) in [5.74, 6) is 0.525. The van der Waals surface area contributed by atoms with Crippen molar-refractivity contribution in [1.29, 1.82) is 5.26 Å². The first-order chi connectivity index (χ1) is 11.7. The third kappa shape index (κ3) is 3.62. The van der Waals surface area contributed by atoms with Gasteiger partial charge in [0.15, 0.2) is 0 Å². The van der Waals surface area contributed by atoms with Crippen LogP contribution in [0.25, 0.3) is 10.9 Å². The molecule has 2 N–H and O–H groups in total. The lowest BCUT2D eigenvalue weighted by Crippen LogP contribution is -2.05. The molecular formula is C17H15N3O2S2. The molecule has 0 aliphatic rings. The highest BCUT2D eigenvalue weighted by Gasteiger charge is 2.11. The van der Waals surface area contributed by atoms with Gasteiger partial charge in [0.05, 0.1) is 26.9 Å². The van der Waals surface area contributed by atoms with Crippen molar-refractivity contribution in [1.82, 2.24) is 4.98 Å². The van der Waals surface area contributed by atoms with Crippen molar-refractivity contribution in [3.63, 3.8) is 0 Å². The normalized spacial score (nSPS) is 10.7. The van der Waals surface area contributed by atoms with E-state index in [0.717, 1.165) is 25.0 Å². The second-order valence-corrected chi connectivity index (χ2v) is 7.34. The zero-order valence-corrected chi connectivity index (χ0v) is 14.6. The van der Waals surface area contributed by atoms with Gasteiger partial charge in [-0.25, -0.2) is 0 Å². The van der Waals surface area contributed by atoms with Crippen LogP contribution in [0.3, 0.4) is 0 Å². The maximum atomic E-state index is 9.42. The largest absolute Gasteiger partial charge is 0.490 e. The molecule has 2 aromatic heterocycles. The van der Waals surface area contributed by atoms with Gasteiger partial charge in [0, 0.05) is 29.7 Å². The molecular weight excluding hydrogens is 342 g/mol. The number of ether oxygens (including phenoxy) is 2. The summed E-state index contributed by atoms with van der Waals surface area (Å²) >= 11 is 3.15. The molecule has 3 rings (SSSR count). The summed E-state index contributed by atoms with van der Waals surface area (Å²) in [6.45, 7) is 0.853. The molecule has 0 saturated carbocycles. The van der Waals surface area contributed by atoms with E-state index in [1.54, 1.807) is 31.1 Å². The van der Waals surface area contributed by atoms with Gasteiger partial charge < -0.3 is 15.2 Å². The van der Waals surface area contributed by atoms with E-state index in [4.69, 9.17) is 15.2 Å². The van der Waals surface area contributed by atoms with E-state index in [9.17, 15) is 5.26 Å². The van der Waals surface area contributed by atoms with Crippen LogP contribution in [0.4, 0.5) is 5.00 Å². The number of hydrogen-bond donors (Lipinski definition) is 1. The Labute approximate surface area is 148 Å². The van der Waals surface area contributed by atoms with Gasteiger partial charge in [0.25, 0.3) is 0 Å². The quantitative estimate of drug-likeness (QED) is 0.673. The number of pyridine rings is 1. The Hall–Kier alpha value is -2.27. The number of hydrogen-bond acceptors (Lipinski definition) is 7. The van der Waals surface area contributed by atoms with Crippen molar-refractivity contribution in [3.05, 3.63) is 42.1 Å². The molecule has 1 aromatic carbocycles. The molecule has 0 amide bonds. The molecule has 0 spiro atoms. The first kappa shape index (κ1) is 16.6. The Kier molecular flexibility index (Phi) is 5.20. The minimum atomic E-state index is 0.388. The molecule has 0 aliphatic heterocycles. The maximum absolute atomic E-state index is 9.42. The minimum absolute atomic E-state index is 0.388. The monoisotopic (exact) mass is 357 g/mol. The van der Waals surface area contributed by atoms with Crippen molar-refractivity contribution in [3.8, 4) is 11.8 Å². The molecule has 0 atom stereocenters. The topological polar surface area (TPSA) is 81.2 Å². The van der Waals surface area contributed by atoms with E-state index in [1.165, 1.54) is 11.3 Å². The van der Waals surface area contributed by atoms with Gasteiger partial charge in [-0.3, -0.25) is 4.98 Å². The lowest BCUT2D eigenvalue weighted by atomic mass is 10.1. The standard InChI is InChI=1S/C17H15N3O2S2/c1-21-6-7-22-14-9-13-12(8-11(14)10-18)15(4-5-20-13)23-17-3-2-16(19)24-17/h2-5,8-9H,6-7,19H2,1H3. The fourth-order valence-corrected chi connectivity index (χ4v) is 4.16. The van der Waals surface area contributed by atoms with E-state index >= 15 is 0 Å². The van der Waals surface area contributed by atoms with Crippen molar-refractivity contribution < 1.29 is 9.47 Å². The average Bonchev–Trinajstić information content (AvgIpc) is 2.99. The van der Waals surface area contributed by atoms with Gasteiger partial charge in [-0.15, -0.1) is 11.3 Å². The SMILES string of the molecule is COCCOc1cc2nccc(Sc3ccc(N)s3)c2cc1C#N. The highest BCUT2D eigenvalue weighted by molar-refractivity contribution is 8.01. The van der Waals surface area contributed by atoms with Crippen LogP contribution in [-0.4, -0.2) is 25.3 Å². The number of nitrogen functional groups attached to an aromatic ring is 1. The average molecular weight is 357 g/mol. The Morgan fingerprint density at radius 2 is 2.17 bits per heavy atom. The first-order valence-corrected chi connectivity index (χ1v) is 8.82. The fourth-order valence-electron chi connectivity index (χ4n) is 2.18. The lowest BCUT2D eigenvalue weighted by Gasteiger charge is -2.10. The second-order valence-electron chi connectivity index (χ2n) is 4.89. The zero-order chi connectivity index (χ0) is 16.9. The maximum Gasteiger partial charge on any atom is 0.139 e. The highest BCUT2D eigenvalue weighted by Crippen LogP contribution is 2.38. The van der Waals surface area contributed by atoms with Gasteiger partial charge in [-0.05, 0) is 24.3 Å². The number of benzene rings is 1. The van der Waals surface area contributed by atoms with E-state index in [2.05, 4.69) is 11.1 Å². The predicted molar refractivity (Wildman–Crippen MR) is 96.7 cm³/mol. The second kappa shape index (κ2) is 7.53. The molecule has 7 heteroatoms. The number of aromatic nitrogens is 1. The predicted octanol–water partition coefficient (Wildman–Crippen LogP) is 3.93. The molecule has 3 aromatic rings. The summed E-state index contributed by atoms with van der Waals surface area (Å²) in [6, 6.07) is 11.6. The Balaban J connectivity index is 1.98. The van der Waals surface area contributed by atoms with Crippen LogP contribution in [0.5, 0.6) is 5.75 Å². The molecule has 0 aliphatic carbocycles. The number of anilines is 1. The van der Waals surface area contributed by atoms with E-state index in [-0.39, 0.29) is 0 Å². The minimum Gasteiger partial charge on any atom is -0.490 e. The summed E-state index contributed by atoms with van der Waals surface area (Å²) in [7, 11) is 1.61. The van der Waals surface area contributed by atoms with Gasteiger partial charge in [0.1, 0.15) is 18.4 Å². The summed E-state index contributed by atoms with van der Waals surface area (Å²) in [5.41, 5.74) is 7.06. The smallest absolute Gasteiger partial charge is 0.139 e. The number of fused-ring (bicyclic) bond motifs is 1. The molecule has 0 bridgehead atoms. The first-order valence-electron chi connectivity index (χ1n) is 7.19. The Morgan fingerprint density at radius 3 is 2.88 bits per heavy atom. The van der Waals surface area contributed by atoms with Crippen LogP contribution in [0.1, 0.15) is 5.56 Å². The fraction of sp³-hybridized carbons (Fsp3) is 0.176. The number of nitriles is 1. The van der Waals surface area contributed by atoms with Gasteiger partial charge in [-0.1, -0.05) is 11.8 Å². The molecule has 0 radical (unpaired) electrons. The third-order valence-electron chi connectivity index (χ3n) is 3.28. The van der Waals surface area contributed by atoms with Crippen LogP contribution < -0.4 is 10.5 Å². The van der Waals surface area contributed by atoms with Crippen LogP contribution in [0.2, 0.25) is 0 Å². The number of thiophene rings is 1. The molecule has 0 fully saturated rings. The van der Waals surface area contributed by atoms with Crippen molar-refractivity contribution in [2.24, 2.45) is 0 Å². The van der Waals surface area contributed by atoms with Crippen LogP contribution >= 0.6 is 23.1 Å². The molecule has 0 saturated heterocycles. The van der Waals surface area contributed by atoms with Crippen LogP contribution in [0.15, 0.2) is 45.6 Å².